The van der Waals surface area contributed by atoms with E-state index >= 15 is 0 Å². The van der Waals surface area contributed by atoms with E-state index in [0.717, 1.165) is 0 Å². The van der Waals surface area contributed by atoms with Gasteiger partial charge in [-0.05, 0) is 12.1 Å². The third-order valence-corrected chi connectivity index (χ3v) is 2.17. The van der Waals surface area contributed by atoms with E-state index in [1.54, 1.807) is 19.2 Å². The number of rotatable bonds is 2. The number of nitrogens with two attached hydrogens (primary N) is 1. The monoisotopic (exact) mass is 187 g/mol. The van der Waals surface area contributed by atoms with Crippen LogP contribution in [0.5, 0.6) is 0 Å². The Hall–Kier alpha value is -1.14. The van der Waals surface area contributed by atoms with E-state index in [1.165, 1.54) is 6.20 Å². The fourth-order valence-electron chi connectivity index (χ4n) is 0.808. The molecule has 0 atom stereocenters. The highest BCUT2D eigenvalue weighted by Crippen LogP contribution is 2.14. The minimum atomic E-state index is -3.72. The van der Waals surface area contributed by atoms with E-state index in [0.29, 0.717) is 5.69 Å². The van der Waals surface area contributed by atoms with Crippen molar-refractivity contribution in [2.24, 2.45) is 5.14 Å². The van der Waals surface area contributed by atoms with Crippen molar-refractivity contribution < 1.29 is 8.42 Å². The first-order valence-electron chi connectivity index (χ1n) is 3.21. The number of aromatic nitrogens is 1. The van der Waals surface area contributed by atoms with E-state index in [9.17, 15) is 8.42 Å². The molecule has 0 saturated heterocycles. The lowest BCUT2D eigenvalue weighted by molar-refractivity contribution is 0.594. The van der Waals surface area contributed by atoms with Crippen molar-refractivity contribution in [3.63, 3.8) is 0 Å². The molecule has 0 aliphatic heterocycles. The van der Waals surface area contributed by atoms with Crippen molar-refractivity contribution in [3.8, 4) is 0 Å². The number of nitrogens with zero attached hydrogens (tertiary/aromatic N) is 1. The Morgan fingerprint density at radius 1 is 1.58 bits per heavy atom. The Kier molecular flexibility index (Phi) is 2.30. The third kappa shape index (κ3) is 1.72. The Bertz CT molecular complexity index is 374. The lowest BCUT2D eigenvalue weighted by Gasteiger charge is -2.03. The van der Waals surface area contributed by atoms with Crippen LogP contribution < -0.4 is 10.5 Å². The smallest absolute Gasteiger partial charge is 0.257 e. The molecule has 0 aliphatic carbocycles. The van der Waals surface area contributed by atoms with Crippen LogP contribution in [0.2, 0.25) is 0 Å². The molecule has 0 radical (unpaired) electrons. The Balaban J connectivity index is 3.33. The maximum atomic E-state index is 10.9. The largest absolute Gasteiger partial charge is 0.386 e. The first kappa shape index (κ1) is 8.95. The lowest BCUT2D eigenvalue weighted by Crippen LogP contribution is -2.15. The van der Waals surface area contributed by atoms with Crippen LogP contribution in [-0.2, 0) is 10.0 Å². The van der Waals surface area contributed by atoms with Gasteiger partial charge in [0.1, 0.15) is 0 Å². The summed E-state index contributed by atoms with van der Waals surface area (Å²) < 4.78 is 21.8. The van der Waals surface area contributed by atoms with Gasteiger partial charge < -0.3 is 5.32 Å². The first-order chi connectivity index (χ1) is 5.55. The maximum absolute atomic E-state index is 10.9. The highest BCUT2D eigenvalue weighted by atomic mass is 32.2. The van der Waals surface area contributed by atoms with E-state index in [2.05, 4.69) is 10.3 Å². The van der Waals surface area contributed by atoms with Gasteiger partial charge in [0.2, 0.25) is 0 Å². The summed E-state index contributed by atoms with van der Waals surface area (Å²) in [7, 11) is -2.12. The van der Waals surface area contributed by atoms with E-state index in [1.807, 2.05) is 0 Å². The third-order valence-electron chi connectivity index (χ3n) is 1.31. The fraction of sp³-hybridized carbons (Fsp3) is 0.167. The molecule has 12 heavy (non-hydrogen) atoms. The van der Waals surface area contributed by atoms with Gasteiger partial charge in [0.25, 0.3) is 10.0 Å². The Labute approximate surface area is 70.7 Å². The van der Waals surface area contributed by atoms with E-state index in [4.69, 9.17) is 5.14 Å². The van der Waals surface area contributed by atoms with Crippen molar-refractivity contribution in [3.05, 3.63) is 18.3 Å². The first-order valence-corrected chi connectivity index (χ1v) is 4.76. The summed E-state index contributed by atoms with van der Waals surface area (Å²) in [5, 5.41) is 7.45. The molecule has 0 unspecified atom stereocenters. The molecular weight excluding hydrogens is 178 g/mol. The van der Waals surface area contributed by atoms with Crippen LogP contribution in [-0.4, -0.2) is 20.4 Å². The van der Waals surface area contributed by atoms with Crippen molar-refractivity contribution in [2.75, 3.05) is 12.4 Å². The molecule has 1 rings (SSSR count). The van der Waals surface area contributed by atoms with Crippen molar-refractivity contribution >= 4 is 15.7 Å². The minimum absolute atomic E-state index is 0.132. The van der Waals surface area contributed by atoms with Crippen LogP contribution in [0.15, 0.2) is 23.4 Å². The van der Waals surface area contributed by atoms with Crippen LogP contribution in [0.1, 0.15) is 0 Å². The van der Waals surface area contributed by atoms with Gasteiger partial charge in [-0.2, -0.15) is 0 Å². The molecule has 0 fully saturated rings. The van der Waals surface area contributed by atoms with Crippen molar-refractivity contribution in [2.45, 2.75) is 5.03 Å². The van der Waals surface area contributed by atoms with Gasteiger partial charge in [-0.1, -0.05) is 0 Å². The number of hydrogen-bond donors (Lipinski definition) is 2. The van der Waals surface area contributed by atoms with Gasteiger partial charge in [-0.15, -0.1) is 0 Å². The molecule has 0 bridgehead atoms. The summed E-state index contributed by atoms with van der Waals surface area (Å²) in [5.74, 6) is 0. The summed E-state index contributed by atoms with van der Waals surface area (Å²) in [6, 6.07) is 3.22. The molecule has 0 amide bonds. The molecule has 0 aliphatic rings. The number of nitrogens with one attached hydrogen (secondary N) is 1. The normalized spacial score (nSPS) is 11.2. The number of primary sulfonamides is 1. The average molecular weight is 187 g/mol. The summed E-state index contributed by atoms with van der Waals surface area (Å²) in [6.45, 7) is 0. The molecule has 0 spiro atoms. The second kappa shape index (κ2) is 3.08. The average Bonchev–Trinajstić information content (AvgIpc) is 2.03. The summed E-state index contributed by atoms with van der Waals surface area (Å²) in [5.41, 5.74) is 0.403. The zero-order valence-corrected chi connectivity index (χ0v) is 7.30. The van der Waals surface area contributed by atoms with Gasteiger partial charge in [-0.3, -0.25) is 0 Å². The summed E-state index contributed by atoms with van der Waals surface area (Å²) in [6.07, 6.45) is 1.38. The number of sulfonamides is 1. The van der Waals surface area contributed by atoms with Gasteiger partial charge >= 0.3 is 0 Å². The maximum Gasteiger partial charge on any atom is 0.257 e. The minimum Gasteiger partial charge on any atom is -0.386 e. The van der Waals surface area contributed by atoms with Crippen molar-refractivity contribution in [1.29, 1.82) is 0 Å². The molecule has 1 heterocycles. The highest BCUT2D eigenvalue weighted by molar-refractivity contribution is 7.89. The van der Waals surface area contributed by atoms with E-state index in [-0.39, 0.29) is 5.03 Å². The topological polar surface area (TPSA) is 85.1 Å². The van der Waals surface area contributed by atoms with Crippen LogP contribution in [0.25, 0.3) is 0 Å². The molecule has 3 N–H and O–H groups in total. The molecule has 1 aromatic heterocycles. The van der Waals surface area contributed by atoms with Gasteiger partial charge in [0.05, 0.1) is 5.69 Å². The second-order valence-electron chi connectivity index (χ2n) is 2.15. The van der Waals surface area contributed by atoms with Crippen molar-refractivity contribution in [1.82, 2.24) is 4.98 Å². The summed E-state index contributed by atoms with van der Waals surface area (Å²) in [4.78, 5) is 3.65. The quantitative estimate of drug-likeness (QED) is 0.669. The fourth-order valence-corrected chi connectivity index (χ4v) is 1.49. The molecule has 1 aromatic rings. The SMILES string of the molecule is CNc1cccnc1S(N)(=O)=O. The standard InChI is InChI=1S/C6H9N3O2S/c1-8-5-3-2-4-9-6(5)12(7,10)11/h2-4,8H,1H3,(H2,7,10,11). The number of anilines is 1. The van der Waals surface area contributed by atoms with Crippen LogP contribution in [0.3, 0.4) is 0 Å². The molecule has 66 valence electrons. The predicted molar refractivity (Wildman–Crippen MR) is 45.2 cm³/mol. The molecular formula is C6H9N3O2S. The predicted octanol–water partition coefficient (Wildman–Crippen LogP) is -0.229. The zero-order valence-electron chi connectivity index (χ0n) is 6.48. The zero-order chi connectivity index (χ0) is 9.19. The van der Waals surface area contributed by atoms with Crippen LogP contribution in [0.4, 0.5) is 5.69 Å². The van der Waals surface area contributed by atoms with E-state index < -0.39 is 10.0 Å². The molecule has 0 aromatic carbocycles. The Morgan fingerprint density at radius 3 is 2.67 bits per heavy atom. The summed E-state index contributed by atoms with van der Waals surface area (Å²) >= 11 is 0. The number of hydrogen-bond acceptors (Lipinski definition) is 4. The van der Waals surface area contributed by atoms with Gasteiger partial charge in [0, 0.05) is 13.2 Å². The molecule has 0 saturated carbocycles. The lowest BCUT2D eigenvalue weighted by atomic mass is 10.4. The van der Waals surface area contributed by atoms with Crippen LogP contribution >= 0.6 is 0 Å². The molecule has 5 nitrogen and oxygen atoms in total. The number of pyridine rings is 1. The highest BCUT2D eigenvalue weighted by Gasteiger charge is 2.13. The second-order valence-corrected chi connectivity index (χ2v) is 3.63. The van der Waals surface area contributed by atoms with Crippen LogP contribution in [0, 0.1) is 0 Å². The molecule has 6 heteroatoms. The Morgan fingerprint density at radius 2 is 2.25 bits per heavy atom. The van der Waals surface area contributed by atoms with Gasteiger partial charge in [-0.25, -0.2) is 18.5 Å². The van der Waals surface area contributed by atoms with Gasteiger partial charge in [0.15, 0.2) is 5.03 Å².